The molecule has 15 heavy (non-hydrogen) atoms. The lowest BCUT2D eigenvalue weighted by molar-refractivity contribution is 0.0977. The first-order valence-electron chi connectivity index (χ1n) is 5.21. The highest BCUT2D eigenvalue weighted by Gasteiger charge is 2.15. The summed E-state index contributed by atoms with van der Waals surface area (Å²) >= 11 is 0. The Morgan fingerprint density at radius 1 is 1.40 bits per heavy atom. The van der Waals surface area contributed by atoms with E-state index in [1.807, 2.05) is 32.0 Å². The second kappa shape index (κ2) is 3.93. The summed E-state index contributed by atoms with van der Waals surface area (Å²) in [6.45, 7) is 3.97. The number of nitrogens with zero attached hydrogens (tertiary/aromatic N) is 2. The Labute approximate surface area is 89.2 Å². The molecule has 0 amide bonds. The number of ketones is 1. The molecule has 0 N–H and O–H groups in total. The third kappa shape index (κ3) is 2.12. The number of aryl methyl sites for hydroxylation is 1. The number of rotatable bonds is 0. The third-order valence-corrected chi connectivity index (χ3v) is 2.61. The van der Waals surface area contributed by atoms with Gasteiger partial charge in [0.15, 0.2) is 5.78 Å². The zero-order chi connectivity index (χ0) is 10.8. The Morgan fingerprint density at radius 3 is 3.00 bits per heavy atom. The minimum Gasteiger partial charge on any atom is -0.294 e. The number of azo groups is 1. The monoisotopic (exact) mass is 202 g/mol. The molecule has 0 saturated heterocycles. The van der Waals surface area contributed by atoms with Gasteiger partial charge in [-0.15, -0.1) is 0 Å². The average molecular weight is 202 g/mol. The van der Waals surface area contributed by atoms with Gasteiger partial charge < -0.3 is 0 Å². The molecule has 0 fully saturated rings. The van der Waals surface area contributed by atoms with Crippen molar-refractivity contribution in [2.24, 2.45) is 10.2 Å². The number of carbonyl (C=O) groups is 1. The number of benzene rings is 1. The molecule has 1 unspecified atom stereocenters. The smallest absolute Gasteiger partial charge is 0.165 e. The van der Waals surface area contributed by atoms with Crippen LogP contribution in [0, 0.1) is 6.92 Å². The normalized spacial score (nSPS) is 20.7. The molecule has 2 rings (SSSR count). The van der Waals surface area contributed by atoms with Crippen molar-refractivity contribution in [1.82, 2.24) is 0 Å². The van der Waals surface area contributed by atoms with Gasteiger partial charge in [-0.3, -0.25) is 4.79 Å². The summed E-state index contributed by atoms with van der Waals surface area (Å²) in [5.74, 6) is 0.176. The van der Waals surface area contributed by atoms with Gasteiger partial charge in [0.1, 0.15) is 0 Å². The first kappa shape index (κ1) is 10.0. The fourth-order valence-corrected chi connectivity index (χ4v) is 1.65. The first-order chi connectivity index (χ1) is 7.16. The summed E-state index contributed by atoms with van der Waals surface area (Å²) in [4.78, 5) is 11.8. The molecule has 0 saturated carbocycles. The molecule has 0 aromatic heterocycles. The Balaban J connectivity index is 2.50. The van der Waals surface area contributed by atoms with E-state index in [0.717, 1.165) is 12.0 Å². The van der Waals surface area contributed by atoms with Gasteiger partial charge in [-0.25, -0.2) is 0 Å². The third-order valence-electron chi connectivity index (χ3n) is 2.61. The van der Waals surface area contributed by atoms with E-state index in [2.05, 4.69) is 10.2 Å². The van der Waals surface area contributed by atoms with Crippen molar-refractivity contribution >= 4 is 11.5 Å². The van der Waals surface area contributed by atoms with Gasteiger partial charge in [-0.1, -0.05) is 6.07 Å². The maximum absolute atomic E-state index is 11.8. The molecule has 0 aliphatic carbocycles. The van der Waals surface area contributed by atoms with E-state index in [-0.39, 0.29) is 11.8 Å². The van der Waals surface area contributed by atoms with Crippen LogP contribution in [0.4, 0.5) is 5.69 Å². The van der Waals surface area contributed by atoms with Crippen molar-refractivity contribution in [1.29, 1.82) is 0 Å². The Hall–Kier alpha value is -1.51. The predicted molar refractivity (Wildman–Crippen MR) is 58.7 cm³/mol. The van der Waals surface area contributed by atoms with E-state index in [1.165, 1.54) is 0 Å². The van der Waals surface area contributed by atoms with Crippen LogP contribution in [0.3, 0.4) is 0 Å². The molecule has 1 aromatic rings. The molecule has 3 nitrogen and oxygen atoms in total. The van der Waals surface area contributed by atoms with Crippen LogP contribution in [-0.4, -0.2) is 11.8 Å². The number of hydrogen-bond donors (Lipinski definition) is 0. The Bertz CT molecular complexity index is 424. The molecule has 1 aliphatic rings. The van der Waals surface area contributed by atoms with Crippen LogP contribution in [0.5, 0.6) is 0 Å². The number of Topliss-reactive ketones (excluding diaryl/α,β-unsaturated/α-hetero) is 1. The molecular formula is C12H14N2O. The predicted octanol–water partition coefficient (Wildman–Crippen LogP) is 3.44. The van der Waals surface area contributed by atoms with Crippen molar-refractivity contribution in [3.63, 3.8) is 0 Å². The van der Waals surface area contributed by atoms with Gasteiger partial charge in [0.05, 0.1) is 11.7 Å². The highest BCUT2D eigenvalue weighted by molar-refractivity contribution is 6.00. The fourth-order valence-electron chi connectivity index (χ4n) is 1.65. The van der Waals surface area contributed by atoms with E-state index in [4.69, 9.17) is 0 Å². The molecule has 1 heterocycles. The van der Waals surface area contributed by atoms with Crippen LogP contribution in [0.1, 0.15) is 35.7 Å². The maximum atomic E-state index is 11.8. The van der Waals surface area contributed by atoms with Crippen LogP contribution >= 0.6 is 0 Å². The topological polar surface area (TPSA) is 41.8 Å². The second-order valence-corrected chi connectivity index (χ2v) is 4.05. The lowest BCUT2D eigenvalue weighted by Gasteiger charge is -2.11. The van der Waals surface area contributed by atoms with Crippen molar-refractivity contribution in [3.8, 4) is 0 Å². The summed E-state index contributed by atoms with van der Waals surface area (Å²) < 4.78 is 0. The summed E-state index contributed by atoms with van der Waals surface area (Å²) in [5.41, 5.74) is 2.52. The summed E-state index contributed by atoms with van der Waals surface area (Å²) in [7, 11) is 0. The van der Waals surface area contributed by atoms with Gasteiger partial charge in [-0.05, 0) is 38.0 Å². The molecule has 1 atom stereocenters. The largest absolute Gasteiger partial charge is 0.294 e. The summed E-state index contributed by atoms with van der Waals surface area (Å²) in [5, 5.41) is 8.32. The number of fused-ring (bicyclic) bond motifs is 1. The fraction of sp³-hybridized carbons (Fsp3) is 0.417. The van der Waals surface area contributed by atoms with Gasteiger partial charge in [-0.2, -0.15) is 10.2 Å². The second-order valence-electron chi connectivity index (χ2n) is 4.05. The standard InChI is InChI=1S/C12H14N2O/c1-8-3-5-10-11(7-8)14-13-9(2)4-6-12(10)15/h3,5,7,9H,4,6H2,1-2H3. The van der Waals surface area contributed by atoms with E-state index in [0.29, 0.717) is 17.7 Å². The first-order valence-corrected chi connectivity index (χ1v) is 5.21. The van der Waals surface area contributed by atoms with Crippen molar-refractivity contribution in [2.75, 3.05) is 0 Å². The Morgan fingerprint density at radius 2 is 2.20 bits per heavy atom. The molecule has 3 heteroatoms. The summed E-state index contributed by atoms with van der Waals surface area (Å²) in [6, 6.07) is 5.84. The van der Waals surface area contributed by atoms with Gasteiger partial charge in [0.2, 0.25) is 0 Å². The molecule has 0 spiro atoms. The van der Waals surface area contributed by atoms with Crippen molar-refractivity contribution in [2.45, 2.75) is 32.7 Å². The van der Waals surface area contributed by atoms with Gasteiger partial charge in [0.25, 0.3) is 0 Å². The van der Waals surface area contributed by atoms with E-state index in [1.54, 1.807) is 0 Å². The molecule has 1 aromatic carbocycles. The van der Waals surface area contributed by atoms with Crippen molar-refractivity contribution < 1.29 is 4.79 Å². The van der Waals surface area contributed by atoms with Crippen LogP contribution < -0.4 is 0 Å². The highest BCUT2D eigenvalue weighted by atomic mass is 16.1. The average Bonchev–Trinajstić information content (AvgIpc) is 2.21. The van der Waals surface area contributed by atoms with Gasteiger partial charge in [0, 0.05) is 12.0 Å². The van der Waals surface area contributed by atoms with Crippen molar-refractivity contribution in [3.05, 3.63) is 29.3 Å². The van der Waals surface area contributed by atoms with E-state index in [9.17, 15) is 4.79 Å². The minimum atomic E-state index is 0.141. The number of hydrogen-bond acceptors (Lipinski definition) is 3. The van der Waals surface area contributed by atoms with Crippen LogP contribution in [0.2, 0.25) is 0 Å². The summed E-state index contributed by atoms with van der Waals surface area (Å²) in [6.07, 6.45) is 1.35. The van der Waals surface area contributed by atoms with E-state index < -0.39 is 0 Å². The molecule has 0 bridgehead atoms. The minimum absolute atomic E-state index is 0.141. The lowest BCUT2D eigenvalue weighted by Crippen LogP contribution is -2.07. The van der Waals surface area contributed by atoms with Crippen LogP contribution in [0.25, 0.3) is 0 Å². The maximum Gasteiger partial charge on any atom is 0.165 e. The van der Waals surface area contributed by atoms with Crippen LogP contribution in [0.15, 0.2) is 28.4 Å². The molecular weight excluding hydrogens is 188 g/mol. The zero-order valence-corrected chi connectivity index (χ0v) is 9.03. The molecule has 78 valence electrons. The molecule has 0 radical (unpaired) electrons. The van der Waals surface area contributed by atoms with Crippen LogP contribution in [-0.2, 0) is 0 Å². The molecule has 1 aliphatic heterocycles. The quantitative estimate of drug-likeness (QED) is 0.635. The highest BCUT2D eigenvalue weighted by Crippen LogP contribution is 2.26. The number of carbonyl (C=O) groups excluding carboxylic acids is 1. The zero-order valence-electron chi connectivity index (χ0n) is 9.03. The Kier molecular flexibility index (Phi) is 2.62. The SMILES string of the molecule is Cc1ccc2c(c1)N=NC(C)CCC2=O. The van der Waals surface area contributed by atoms with E-state index >= 15 is 0 Å². The lowest BCUT2D eigenvalue weighted by atomic mass is 10.0. The van der Waals surface area contributed by atoms with Gasteiger partial charge >= 0.3 is 0 Å².